The van der Waals surface area contributed by atoms with E-state index < -0.39 is 30.1 Å². The molecule has 9 rings (SSSR count). The van der Waals surface area contributed by atoms with Gasteiger partial charge in [0.05, 0.1) is 31.5 Å². The van der Waals surface area contributed by atoms with E-state index in [0.717, 1.165) is 70.7 Å². The van der Waals surface area contributed by atoms with Crippen LogP contribution >= 0.6 is 0 Å². The summed E-state index contributed by atoms with van der Waals surface area (Å²) in [4.78, 5) is 0. The van der Waals surface area contributed by atoms with Crippen LogP contribution in [0.15, 0.2) is 72.8 Å². The largest absolute Gasteiger partial charge is 0.508 e. The first-order valence-corrected chi connectivity index (χ1v) is 21.4. The zero-order valence-corrected chi connectivity index (χ0v) is 34.2. The first kappa shape index (κ1) is 40.2. The highest BCUT2D eigenvalue weighted by Crippen LogP contribution is 2.57. The number of phenolic OH excluding ortho intramolecular Hbond substituents is 3. The maximum Gasteiger partial charge on any atom is 0.133 e. The third-order valence-corrected chi connectivity index (χ3v) is 13.1. The molecule has 1 fully saturated rings. The molecule has 3 aliphatic heterocycles. The van der Waals surface area contributed by atoms with Gasteiger partial charge in [0.2, 0.25) is 0 Å². The second-order valence-corrected chi connectivity index (χ2v) is 16.9. The Kier molecular flexibility index (Phi) is 11.4. The molecule has 0 saturated heterocycles. The number of phenols is 3. The van der Waals surface area contributed by atoms with Gasteiger partial charge in [0.25, 0.3) is 0 Å². The smallest absolute Gasteiger partial charge is 0.133 e. The number of ether oxygens (including phenoxy) is 5. The van der Waals surface area contributed by atoms with Gasteiger partial charge >= 0.3 is 0 Å². The number of hydrogen-bond acceptors (Lipinski definition) is 11. The third-order valence-electron chi connectivity index (χ3n) is 13.1. The number of aliphatic hydroxyl groups excluding tert-OH is 2. The van der Waals surface area contributed by atoms with E-state index in [9.17, 15) is 25.5 Å². The van der Waals surface area contributed by atoms with Crippen molar-refractivity contribution in [3.05, 3.63) is 101 Å². The molecule has 0 bridgehead atoms. The Balaban J connectivity index is 1.15. The number of likely N-dealkylation sites (N-methyl/N-ethyl adjacent to an activating group) is 1. The molecule has 0 aromatic heterocycles. The Bertz CT molecular complexity index is 2360. The molecule has 0 amide bonds. The lowest BCUT2D eigenvalue weighted by Gasteiger charge is -2.46. The molecule has 4 aliphatic rings. The van der Waals surface area contributed by atoms with Crippen molar-refractivity contribution < 1.29 is 49.2 Å². The van der Waals surface area contributed by atoms with E-state index >= 15 is 0 Å². The highest BCUT2D eigenvalue weighted by Gasteiger charge is 2.50. The van der Waals surface area contributed by atoms with Crippen LogP contribution in [-0.2, 0) is 11.2 Å². The molecule has 60 heavy (non-hydrogen) atoms. The van der Waals surface area contributed by atoms with Crippen LogP contribution in [0.4, 0.5) is 0 Å². The lowest BCUT2D eigenvalue weighted by atomic mass is 9.70. The van der Waals surface area contributed by atoms with Crippen LogP contribution < -0.4 is 24.3 Å². The topological polar surface area (TPSA) is 159 Å². The molecule has 5 aromatic rings. The molecular formula is C49H55NO10. The molecule has 6 atom stereocenters. The summed E-state index contributed by atoms with van der Waals surface area (Å²) in [6, 6.07) is 21.3. The van der Waals surface area contributed by atoms with Crippen molar-refractivity contribution in [2.45, 2.75) is 81.7 Å². The van der Waals surface area contributed by atoms with Crippen molar-refractivity contribution in [1.29, 1.82) is 0 Å². The maximum atomic E-state index is 12.9. The Hall–Kier alpha value is -5.20. The van der Waals surface area contributed by atoms with Gasteiger partial charge in [0.15, 0.2) is 0 Å². The van der Waals surface area contributed by atoms with E-state index in [1.54, 1.807) is 49.6 Å². The van der Waals surface area contributed by atoms with E-state index in [0.29, 0.717) is 73.1 Å². The average molecular weight is 818 g/mol. The molecule has 6 N–H and O–H groups in total. The van der Waals surface area contributed by atoms with Crippen molar-refractivity contribution in [3.63, 3.8) is 0 Å². The highest BCUT2D eigenvalue weighted by atomic mass is 16.5. The maximum absolute atomic E-state index is 12.9. The Morgan fingerprint density at radius 3 is 2.37 bits per heavy atom. The molecule has 0 unspecified atom stereocenters. The summed E-state index contributed by atoms with van der Waals surface area (Å²) < 4.78 is 32.3. The number of methoxy groups -OCH3 is 1. The molecule has 316 valence electrons. The van der Waals surface area contributed by atoms with Crippen LogP contribution in [-0.4, -0.2) is 78.3 Å². The fourth-order valence-electron chi connectivity index (χ4n) is 10.3. The summed E-state index contributed by atoms with van der Waals surface area (Å²) in [6.45, 7) is 1.78. The standard InChI is InChI=1S/C49H55NO10/c1-50-25-28-16-18-57-48-38-23-33(53)13-15-37(38)49-44(42(28)48)46(55)43(41(60-49)11-6-17-56-2)40-26-58-47-30(22-35(24-39(47)45(40)54)59-34-9-3-4-10-34)19-29-21-32(52)12-14-36(29)27-7-5-8-31(51)20-27/h5,7-8,12-15,20-24,28,34,40-41,43,45-46,50-55H,3-4,6,9-11,16-19,25-26H2,1-2H3/t28-,40-,41+,43+,45+,46+/m0/s1. The Morgan fingerprint density at radius 1 is 0.767 bits per heavy atom. The second-order valence-electron chi connectivity index (χ2n) is 16.9. The fourth-order valence-corrected chi connectivity index (χ4v) is 10.3. The van der Waals surface area contributed by atoms with E-state index in [1.165, 1.54) is 0 Å². The first-order chi connectivity index (χ1) is 29.2. The van der Waals surface area contributed by atoms with Gasteiger partial charge in [0, 0.05) is 77.5 Å². The van der Waals surface area contributed by atoms with Crippen molar-refractivity contribution in [2.75, 3.05) is 40.5 Å². The zero-order valence-electron chi connectivity index (χ0n) is 34.2. The lowest BCUT2D eigenvalue weighted by Crippen LogP contribution is -2.46. The minimum Gasteiger partial charge on any atom is -0.508 e. The van der Waals surface area contributed by atoms with Gasteiger partial charge in [-0.3, -0.25) is 0 Å². The van der Waals surface area contributed by atoms with Crippen molar-refractivity contribution >= 4 is 10.8 Å². The van der Waals surface area contributed by atoms with Gasteiger partial charge < -0.3 is 54.5 Å². The van der Waals surface area contributed by atoms with Gasteiger partial charge in [-0.2, -0.15) is 0 Å². The summed E-state index contributed by atoms with van der Waals surface area (Å²) in [7, 11) is 3.58. The third kappa shape index (κ3) is 7.57. The van der Waals surface area contributed by atoms with Crippen LogP contribution in [0.25, 0.3) is 21.9 Å². The molecule has 5 aromatic carbocycles. The Morgan fingerprint density at radius 2 is 1.57 bits per heavy atom. The summed E-state index contributed by atoms with van der Waals surface area (Å²) in [5.41, 5.74) is 5.37. The number of rotatable bonds is 12. The van der Waals surface area contributed by atoms with Crippen molar-refractivity contribution in [1.82, 2.24) is 5.32 Å². The van der Waals surface area contributed by atoms with Gasteiger partial charge in [-0.15, -0.1) is 0 Å². The number of nitrogens with one attached hydrogen (secondary N) is 1. The number of benzene rings is 5. The first-order valence-electron chi connectivity index (χ1n) is 21.4. The molecule has 11 nitrogen and oxygen atoms in total. The summed E-state index contributed by atoms with van der Waals surface area (Å²) in [5, 5.41) is 62.1. The number of hydrogen-bond donors (Lipinski definition) is 6. The fraction of sp³-hybridized carbons (Fsp3) is 0.429. The second kappa shape index (κ2) is 17.0. The number of aromatic hydroxyl groups is 3. The summed E-state index contributed by atoms with van der Waals surface area (Å²) in [5.74, 6) is 1.63. The van der Waals surface area contributed by atoms with Gasteiger partial charge in [0.1, 0.15) is 46.4 Å². The van der Waals surface area contributed by atoms with Crippen LogP contribution in [0.1, 0.15) is 90.9 Å². The molecular weight excluding hydrogens is 763 g/mol. The molecule has 1 aliphatic carbocycles. The van der Waals surface area contributed by atoms with Crippen LogP contribution in [0.3, 0.4) is 0 Å². The normalized spacial score (nSPS) is 23.5. The molecule has 1 saturated carbocycles. The average Bonchev–Trinajstić information content (AvgIpc) is 3.75. The minimum atomic E-state index is -1.05. The van der Waals surface area contributed by atoms with Crippen molar-refractivity contribution in [3.8, 4) is 51.4 Å². The predicted molar refractivity (Wildman–Crippen MR) is 228 cm³/mol. The monoisotopic (exact) mass is 817 g/mol. The van der Waals surface area contributed by atoms with E-state index in [1.807, 2.05) is 37.4 Å². The van der Waals surface area contributed by atoms with Gasteiger partial charge in [-0.25, -0.2) is 0 Å². The molecule has 0 spiro atoms. The van der Waals surface area contributed by atoms with Crippen molar-refractivity contribution in [2.24, 2.45) is 11.8 Å². The van der Waals surface area contributed by atoms with Crippen LogP contribution in [0.5, 0.6) is 40.2 Å². The van der Waals surface area contributed by atoms with Gasteiger partial charge in [-0.1, -0.05) is 18.2 Å². The predicted octanol–water partition coefficient (Wildman–Crippen LogP) is 8.20. The zero-order chi connectivity index (χ0) is 41.5. The quantitative estimate of drug-likeness (QED) is 0.0674. The van der Waals surface area contributed by atoms with Crippen LogP contribution in [0.2, 0.25) is 0 Å². The van der Waals surface area contributed by atoms with E-state index in [4.69, 9.17) is 23.7 Å². The van der Waals surface area contributed by atoms with Gasteiger partial charge in [-0.05, 0) is 123 Å². The van der Waals surface area contributed by atoms with E-state index in [-0.39, 0.29) is 35.9 Å². The summed E-state index contributed by atoms with van der Waals surface area (Å²) in [6.07, 6.45) is 3.86. The van der Waals surface area contributed by atoms with E-state index in [2.05, 4.69) is 5.32 Å². The highest BCUT2D eigenvalue weighted by molar-refractivity contribution is 5.97. The Labute approximate surface area is 350 Å². The lowest BCUT2D eigenvalue weighted by molar-refractivity contribution is -0.0889. The number of aliphatic hydroxyl groups is 2. The minimum absolute atomic E-state index is 0.0106. The SMILES string of the molecule is CNC[C@@H]1CCOc2c1c1c(c3ccc(O)cc23)O[C@H](CCCOC)[C@@H]([C@@H]2COc3c(Cc4cc(O)ccc4-c4cccc(O)c4)cc(OC4CCCC4)cc3[C@H]2O)[C@H]1O. The molecule has 11 heteroatoms. The molecule has 0 radical (unpaired) electrons. The number of fused-ring (bicyclic) bond motifs is 7. The van der Waals surface area contributed by atoms with Crippen LogP contribution in [0, 0.1) is 11.8 Å². The molecule has 3 heterocycles. The summed E-state index contributed by atoms with van der Waals surface area (Å²) >= 11 is 0.